The zero-order chi connectivity index (χ0) is 17.5. The Kier molecular flexibility index (Phi) is 6.29. The molecule has 1 heterocycles. The van der Waals surface area contributed by atoms with Gasteiger partial charge in [0.25, 0.3) is 5.91 Å². The monoisotopic (exact) mass is 326 g/mol. The number of aryl methyl sites for hydroxylation is 2. The van der Waals surface area contributed by atoms with Gasteiger partial charge in [-0.05, 0) is 31.4 Å². The second kappa shape index (κ2) is 8.43. The van der Waals surface area contributed by atoms with Crippen molar-refractivity contribution in [3.63, 3.8) is 0 Å². The highest BCUT2D eigenvalue weighted by Gasteiger charge is 2.15. The van der Waals surface area contributed by atoms with Gasteiger partial charge in [-0.15, -0.1) is 0 Å². The lowest BCUT2D eigenvalue weighted by Crippen LogP contribution is -2.28. The fourth-order valence-corrected chi connectivity index (χ4v) is 2.52. The number of hydrogen-bond acceptors (Lipinski definition) is 4. The van der Waals surface area contributed by atoms with E-state index in [4.69, 9.17) is 0 Å². The summed E-state index contributed by atoms with van der Waals surface area (Å²) in [6.07, 6.45) is 2.97. The average Bonchev–Trinajstić information content (AvgIpc) is 2.59. The summed E-state index contributed by atoms with van der Waals surface area (Å²) in [5.74, 6) is 1.16. The van der Waals surface area contributed by atoms with E-state index in [1.807, 2.05) is 25.2 Å². The van der Waals surface area contributed by atoms with Crippen LogP contribution in [0.3, 0.4) is 0 Å². The minimum atomic E-state index is -0.0687. The smallest absolute Gasteiger partial charge is 0.272 e. The Balaban J connectivity index is 2.23. The fraction of sp³-hybridized carbons (Fsp3) is 0.421. The molecule has 0 fully saturated rings. The van der Waals surface area contributed by atoms with Crippen LogP contribution >= 0.6 is 0 Å². The second-order valence-electron chi connectivity index (χ2n) is 5.90. The van der Waals surface area contributed by atoms with Crippen molar-refractivity contribution in [3.8, 4) is 0 Å². The SMILES string of the molecule is CCCCN(C)C(=O)c1cc(Nc2ccccc2CC)nc(C)n1. The molecule has 128 valence electrons. The van der Waals surface area contributed by atoms with E-state index in [0.717, 1.165) is 31.5 Å². The number of unbranched alkanes of at least 4 members (excludes halogenated alkanes) is 1. The Morgan fingerprint density at radius 2 is 1.96 bits per heavy atom. The minimum Gasteiger partial charge on any atom is -0.340 e. The topological polar surface area (TPSA) is 58.1 Å². The summed E-state index contributed by atoms with van der Waals surface area (Å²) < 4.78 is 0. The summed E-state index contributed by atoms with van der Waals surface area (Å²) in [5.41, 5.74) is 2.65. The molecule has 2 rings (SSSR count). The lowest BCUT2D eigenvalue weighted by atomic mass is 10.1. The molecule has 0 radical (unpaired) electrons. The van der Waals surface area contributed by atoms with E-state index in [0.29, 0.717) is 17.3 Å². The number of carbonyl (C=O) groups is 1. The van der Waals surface area contributed by atoms with E-state index in [2.05, 4.69) is 35.2 Å². The maximum atomic E-state index is 12.5. The molecule has 1 aromatic heterocycles. The van der Waals surface area contributed by atoms with Crippen LogP contribution < -0.4 is 5.32 Å². The molecule has 5 heteroatoms. The molecule has 0 unspecified atom stereocenters. The molecule has 5 nitrogen and oxygen atoms in total. The third-order valence-electron chi connectivity index (χ3n) is 3.91. The van der Waals surface area contributed by atoms with Crippen LogP contribution in [0.4, 0.5) is 11.5 Å². The van der Waals surface area contributed by atoms with E-state index in [-0.39, 0.29) is 5.91 Å². The van der Waals surface area contributed by atoms with Crippen LogP contribution in [-0.4, -0.2) is 34.4 Å². The number of anilines is 2. The predicted molar refractivity (Wildman–Crippen MR) is 97.7 cm³/mol. The molecule has 0 aliphatic heterocycles. The number of carbonyl (C=O) groups excluding carboxylic acids is 1. The summed E-state index contributed by atoms with van der Waals surface area (Å²) in [6, 6.07) is 9.84. The predicted octanol–water partition coefficient (Wildman–Crippen LogP) is 3.96. The van der Waals surface area contributed by atoms with Crippen LogP contribution in [0.25, 0.3) is 0 Å². The largest absolute Gasteiger partial charge is 0.340 e. The third-order valence-corrected chi connectivity index (χ3v) is 3.91. The number of para-hydroxylation sites is 1. The van der Waals surface area contributed by atoms with Gasteiger partial charge in [-0.25, -0.2) is 9.97 Å². The normalized spacial score (nSPS) is 10.5. The van der Waals surface area contributed by atoms with Gasteiger partial charge in [-0.2, -0.15) is 0 Å². The number of aromatic nitrogens is 2. The first-order valence-electron chi connectivity index (χ1n) is 8.51. The van der Waals surface area contributed by atoms with Crippen LogP contribution in [0.2, 0.25) is 0 Å². The van der Waals surface area contributed by atoms with Crippen molar-refractivity contribution >= 4 is 17.4 Å². The molecule has 0 bridgehead atoms. The quantitative estimate of drug-likeness (QED) is 0.836. The maximum absolute atomic E-state index is 12.5. The maximum Gasteiger partial charge on any atom is 0.272 e. The van der Waals surface area contributed by atoms with Gasteiger partial charge in [0.1, 0.15) is 17.3 Å². The molecule has 1 N–H and O–H groups in total. The van der Waals surface area contributed by atoms with Crippen LogP contribution in [0.5, 0.6) is 0 Å². The minimum absolute atomic E-state index is 0.0687. The molecule has 1 amide bonds. The molecule has 0 atom stereocenters. The average molecular weight is 326 g/mol. The van der Waals surface area contributed by atoms with Crippen molar-refractivity contribution in [3.05, 3.63) is 47.4 Å². The van der Waals surface area contributed by atoms with Crippen molar-refractivity contribution < 1.29 is 4.79 Å². The first kappa shape index (κ1) is 17.9. The van der Waals surface area contributed by atoms with Crippen molar-refractivity contribution in [2.75, 3.05) is 18.9 Å². The Morgan fingerprint density at radius 1 is 1.21 bits per heavy atom. The van der Waals surface area contributed by atoms with Crippen LogP contribution in [0, 0.1) is 6.92 Å². The summed E-state index contributed by atoms with van der Waals surface area (Å²) in [7, 11) is 1.81. The van der Waals surface area contributed by atoms with E-state index in [1.165, 1.54) is 5.56 Å². The summed E-state index contributed by atoms with van der Waals surface area (Å²) in [6.45, 7) is 6.77. The molecule has 1 aromatic carbocycles. The summed E-state index contributed by atoms with van der Waals surface area (Å²) in [5, 5.41) is 3.32. The second-order valence-corrected chi connectivity index (χ2v) is 5.90. The number of nitrogens with zero attached hydrogens (tertiary/aromatic N) is 3. The molecule has 0 aliphatic carbocycles. The van der Waals surface area contributed by atoms with Gasteiger partial charge in [0.05, 0.1) is 0 Å². The van der Waals surface area contributed by atoms with Crippen molar-refractivity contribution in [1.29, 1.82) is 0 Å². The van der Waals surface area contributed by atoms with Crippen LogP contribution in [0.15, 0.2) is 30.3 Å². The highest BCUT2D eigenvalue weighted by molar-refractivity contribution is 5.93. The number of benzene rings is 1. The van der Waals surface area contributed by atoms with Gasteiger partial charge < -0.3 is 10.2 Å². The third kappa shape index (κ3) is 4.54. The van der Waals surface area contributed by atoms with E-state index in [1.54, 1.807) is 17.9 Å². The number of rotatable bonds is 7. The summed E-state index contributed by atoms with van der Waals surface area (Å²) in [4.78, 5) is 23.0. The van der Waals surface area contributed by atoms with Gasteiger partial charge >= 0.3 is 0 Å². The van der Waals surface area contributed by atoms with Gasteiger partial charge in [0.15, 0.2) is 0 Å². The molecule has 0 spiro atoms. The van der Waals surface area contributed by atoms with Crippen molar-refractivity contribution in [2.24, 2.45) is 0 Å². The van der Waals surface area contributed by atoms with E-state index in [9.17, 15) is 4.79 Å². The van der Waals surface area contributed by atoms with Gasteiger partial charge in [0, 0.05) is 25.3 Å². The lowest BCUT2D eigenvalue weighted by Gasteiger charge is -2.17. The molecular formula is C19H26N4O. The standard InChI is InChI=1S/C19H26N4O/c1-5-7-12-23(4)19(24)17-13-18(21-14(3)20-17)22-16-11-9-8-10-15(16)6-2/h8-11,13H,5-7,12H2,1-4H3,(H,20,21,22). The van der Waals surface area contributed by atoms with E-state index < -0.39 is 0 Å². The first-order chi connectivity index (χ1) is 11.5. The zero-order valence-corrected chi connectivity index (χ0v) is 15.0. The molecule has 0 saturated heterocycles. The Morgan fingerprint density at radius 3 is 2.67 bits per heavy atom. The van der Waals surface area contributed by atoms with Gasteiger partial charge in [-0.1, -0.05) is 38.5 Å². The lowest BCUT2D eigenvalue weighted by molar-refractivity contribution is 0.0787. The van der Waals surface area contributed by atoms with Gasteiger partial charge in [0.2, 0.25) is 0 Å². The highest BCUT2D eigenvalue weighted by Crippen LogP contribution is 2.20. The van der Waals surface area contributed by atoms with Crippen LogP contribution in [0.1, 0.15) is 48.6 Å². The fourth-order valence-electron chi connectivity index (χ4n) is 2.52. The highest BCUT2D eigenvalue weighted by atomic mass is 16.2. The van der Waals surface area contributed by atoms with Crippen molar-refractivity contribution in [2.45, 2.75) is 40.0 Å². The first-order valence-corrected chi connectivity index (χ1v) is 8.51. The van der Waals surface area contributed by atoms with Gasteiger partial charge in [-0.3, -0.25) is 4.79 Å². The Hall–Kier alpha value is -2.43. The molecule has 0 saturated carbocycles. The number of amides is 1. The summed E-state index contributed by atoms with van der Waals surface area (Å²) >= 11 is 0. The van der Waals surface area contributed by atoms with Crippen molar-refractivity contribution in [1.82, 2.24) is 14.9 Å². The Bertz CT molecular complexity index is 700. The molecule has 0 aliphatic rings. The van der Waals surface area contributed by atoms with E-state index >= 15 is 0 Å². The Labute approximate surface area is 144 Å². The zero-order valence-electron chi connectivity index (χ0n) is 15.0. The molecular weight excluding hydrogens is 300 g/mol. The molecule has 2 aromatic rings. The number of hydrogen-bond donors (Lipinski definition) is 1. The van der Waals surface area contributed by atoms with Crippen LogP contribution in [-0.2, 0) is 6.42 Å². The molecule has 24 heavy (non-hydrogen) atoms. The number of nitrogens with one attached hydrogen (secondary N) is 1.